The molecular formula is C37H38N2O6. The van der Waals surface area contributed by atoms with Gasteiger partial charge >= 0.3 is 0 Å². The fourth-order valence-corrected chi connectivity index (χ4v) is 6.03. The molecular weight excluding hydrogens is 568 g/mol. The summed E-state index contributed by atoms with van der Waals surface area (Å²) < 4.78 is 34.3. The van der Waals surface area contributed by atoms with Gasteiger partial charge in [-0.05, 0) is 83.6 Å². The average molecular weight is 607 g/mol. The van der Waals surface area contributed by atoms with Crippen LogP contribution < -0.4 is 28.4 Å². The van der Waals surface area contributed by atoms with Crippen LogP contribution in [0.3, 0.4) is 0 Å². The number of benzene rings is 4. The fourth-order valence-electron chi connectivity index (χ4n) is 6.03. The molecule has 0 fully saturated rings. The lowest BCUT2D eigenvalue weighted by atomic mass is 9.93. The first kappa shape index (κ1) is 30.1. The Hall–Kier alpha value is -4.98. The summed E-state index contributed by atoms with van der Waals surface area (Å²) in [6.45, 7) is 1.49. The molecule has 4 aromatic rings. The van der Waals surface area contributed by atoms with Crippen LogP contribution in [0.4, 0.5) is 0 Å². The third-order valence-electron chi connectivity index (χ3n) is 8.31. The summed E-state index contributed by atoms with van der Waals surface area (Å²) in [6, 6.07) is 22.3. The lowest BCUT2D eigenvalue weighted by Gasteiger charge is -2.20. The summed E-state index contributed by atoms with van der Waals surface area (Å²) in [5.74, 6) is 4.93. The SMILES string of the molecule is COc1cc2c(cc1OC)C(Cc1cccc(Oc3ccc(CC4=NCCc5cc(OC)c(OC)cc54)cc3OC)c1)=NCC2. The first-order valence-corrected chi connectivity index (χ1v) is 15.0. The smallest absolute Gasteiger partial charge is 0.169 e. The fraction of sp³-hybridized carbons (Fsp3) is 0.297. The Morgan fingerprint density at radius 3 is 1.53 bits per heavy atom. The third-order valence-corrected chi connectivity index (χ3v) is 8.31. The van der Waals surface area contributed by atoms with Gasteiger partial charge in [0.2, 0.25) is 0 Å². The molecule has 0 atom stereocenters. The van der Waals surface area contributed by atoms with Crippen LogP contribution in [-0.2, 0) is 25.7 Å². The second-order valence-corrected chi connectivity index (χ2v) is 11.0. The van der Waals surface area contributed by atoms with Gasteiger partial charge in [0, 0.05) is 48.5 Å². The second-order valence-electron chi connectivity index (χ2n) is 11.0. The van der Waals surface area contributed by atoms with Gasteiger partial charge in [-0.25, -0.2) is 0 Å². The lowest BCUT2D eigenvalue weighted by molar-refractivity contribution is 0.354. The van der Waals surface area contributed by atoms with Gasteiger partial charge in [0.1, 0.15) is 5.75 Å². The minimum atomic E-state index is 0.646. The van der Waals surface area contributed by atoms with E-state index in [-0.39, 0.29) is 0 Å². The van der Waals surface area contributed by atoms with Gasteiger partial charge in [-0.1, -0.05) is 18.2 Å². The molecule has 2 aliphatic rings. The van der Waals surface area contributed by atoms with Crippen molar-refractivity contribution in [3.8, 4) is 40.2 Å². The average Bonchev–Trinajstić information content (AvgIpc) is 3.08. The molecule has 0 aliphatic carbocycles. The van der Waals surface area contributed by atoms with Gasteiger partial charge < -0.3 is 28.4 Å². The zero-order chi connectivity index (χ0) is 31.3. The van der Waals surface area contributed by atoms with Gasteiger partial charge in [0.15, 0.2) is 34.5 Å². The highest BCUT2D eigenvalue weighted by atomic mass is 16.5. The standard InChI is InChI=1S/C37H38N2O6/c1-40-33-18-24(17-31-29-22-37(44-5)35(42-3)20-26(29)12-14-39-31)9-10-32(33)45-27-8-6-7-23(15-27)16-30-28-21-36(43-4)34(41-2)19-25(28)11-13-38-30/h6-10,15,18-22H,11-14,16-17H2,1-5H3. The van der Waals surface area contributed by atoms with E-state index in [1.807, 2.05) is 36.4 Å². The monoisotopic (exact) mass is 606 g/mol. The predicted molar refractivity (Wildman–Crippen MR) is 176 cm³/mol. The van der Waals surface area contributed by atoms with Gasteiger partial charge in [0.05, 0.1) is 35.5 Å². The Morgan fingerprint density at radius 2 is 1.00 bits per heavy atom. The van der Waals surface area contributed by atoms with E-state index in [0.29, 0.717) is 35.8 Å². The molecule has 8 nitrogen and oxygen atoms in total. The first-order chi connectivity index (χ1) is 22.0. The van der Waals surface area contributed by atoms with Crippen LogP contribution in [0.5, 0.6) is 40.2 Å². The highest BCUT2D eigenvalue weighted by Gasteiger charge is 2.21. The van der Waals surface area contributed by atoms with Crippen LogP contribution in [-0.4, -0.2) is 60.1 Å². The largest absolute Gasteiger partial charge is 0.493 e. The molecule has 4 aromatic carbocycles. The quantitative estimate of drug-likeness (QED) is 0.189. The summed E-state index contributed by atoms with van der Waals surface area (Å²) in [5, 5.41) is 0. The number of methoxy groups -OCH3 is 5. The van der Waals surface area contributed by atoms with Crippen molar-refractivity contribution >= 4 is 11.4 Å². The zero-order valence-corrected chi connectivity index (χ0v) is 26.4. The molecule has 45 heavy (non-hydrogen) atoms. The maximum Gasteiger partial charge on any atom is 0.169 e. The van der Waals surface area contributed by atoms with Gasteiger partial charge in [-0.2, -0.15) is 0 Å². The van der Waals surface area contributed by atoms with Crippen LogP contribution >= 0.6 is 0 Å². The van der Waals surface area contributed by atoms with E-state index in [4.69, 9.17) is 38.4 Å². The summed E-state index contributed by atoms with van der Waals surface area (Å²) >= 11 is 0. The minimum Gasteiger partial charge on any atom is -0.493 e. The third kappa shape index (κ3) is 6.32. The number of nitrogens with zero attached hydrogens (tertiary/aromatic N) is 2. The molecule has 2 aliphatic heterocycles. The predicted octanol–water partition coefficient (Wildman–Crippen LogP) is 6.70. The zero-order valence-electron chi connectivity index (χ0n) is 26.4. The normalized spacial score (nSPS) is 13.5. The number of hydrogen-bond acceptors (Lipinski definition) is 8. The molecule has 0 spiro atoms. The molecule has 0 radical (unpaired) electrons. The summed E-state index contributed by atoms with van der Waals surface area (Å²) in [6.07, 6.45) is 3.09. The van der Waals surface area contributed by atoms with Crippen LogP contribution in [0.15, 0.2) is 76.7 Å². The molecule has 0 saturated heterocycles. The van der Waals surface area contributed by atoms with Crippen molar-refractivity contribution in [2.75, 3.05) is 48.6 Å². The van der Waals surface area contributed by atoms with E-state index in [1.54, 1.807) is 35.5 Å². The van der Waals surface area contributed by atoms with Crippen molar-refractivity contribution in [3.63, 3.8) is 0 Å². The van der Waals surface area contributed by atoms with Gasteiger partial charge in [-0.3, -0.25) is 9.98 Å². The number of rotatable bonds is 11. The molecule has 0 N–H and O–H groups in total. The molecule has 232 valence electrons. The summed E-state index contributed by atoms with van der Waals surface area (Å²) in [5.41, 5.74) is 8.86. The Labute approximate surface area is 264 Å². The van der Waals surface area contributed by atoms with Crippen molar-refractivity contribution in [2.45, 2.75) is 25.7 Å². The van der Waals surface area contributed by atoms with E-state index in [1.165, 1.54) is 11.1 Å². The number of hydrogen-bond donors (Lipinski definition) is 0. The maximum atomic E-state index is 6.36. The van der Waals surface area contributed by atoms with E-state index in [2.05, 4.69) is 30.3 Å². The number of aliphatic imine (C=N–C) groups is 2. The van der Waals surface area contributed by atoms with Crippen LogP contribution in [0, 0.1) is 0 Å². The van der Waals surface area contributed by atoms with Crippen molar-refractivity contribution in [3.05, 3.63) is 100 Å². The van der Waals surface area contributed by atoms with Crippen LogP contribution in [0.1, 0.15) is 33.4 Å². The van der Waals surface area contributed by atoms with Gasteiger partial charge in [0.25, 0.3) is 0 Å². The number of fused-ring (bicyclic) bond motifs is 2. The Kier molecular flexibility index (Phi) is 8.91. The summed E-state index contributed by atoms with van der Waals surface area (Å²) in [4.78, 5) is 9.72. The Morgan fingerprint density at radius 1 is 0.511 bits per heavy atom. The topological polar surface area (TPSA) is 80.1 Å². The Balaban J connectivity index is 1.19. The Bertz CT molecular complexity index is 1780. The maximum absolute atomic E-state index is 6.36. The van der Waals surface area contributed by atoms with E-state index < -0.39 is 0 Å². The molecule has 0 unspecified atom stereocenters. The van der Waals surface area contributed by atoms with Crippen LogP contribution in [0.25, 0.3) is 0 Å². The lowest BCUT2D eigenvalue weighted by Crippen LogP contribution is -2.16. The minimum absolute atomic E-state index is 0.646. The highest BCUT2D eigenvalue weighted by molar-refractivity contribution is 6.05. The second kappa shape index (κ2) is 13.3. The molecule has 8 heteroatoms. The molecule has 0 saturated carbocycles. The van der Waals surface area contributed by atoms with Crippen molar-refractivity contribution in [2.24, 2.45) is 9.98 Å². The molecule has 0 bridgehead atoms. The highest BCUT2D eigenvalue weighted by Crippen LogP contribution is 2.37. The molecule has 2 heterocycles. The molecule has 0 amide bonds. The van der Waals surface area contributed by atoms with E-state index in [0.717, 1.165) is 76.9 Å². The summed E-state index contributed by atoms with van der Waals surface area (Å²) in [7, 11) is 8.30. The van der Waals surface area contributed by atoms with Gasteiger partial charge in [-0.15, -0.1) is 0 Å². The van der Waals surface area contributed by atoms with Crippen LogP contribution in [0.2, 0.25) is 0 Å². The van der Waals surface area contributed by atoms with Crippen molar-refractivity contribution in [1.82, 2.24) is 0 Å². The first-order valence-electron chi connectivity index (χ1n) is 15.0. The number of ether oxygens (including phenoxy) is 6. The van der Waals surface area contributed by atoms with Crippen molar-refractivity contribution in [1.29, 1.82) is 0 Å². The van der Waals surface area contributed by atoms with Crippen molar-refractivity contribution < 1.29 is 28.4 Å². The molecule has 0 aromatic heterocycles. The molecule has 6 rings (SSSR count). The van der Waals surface area contributed by atoms with E-state index in [9.17, 15) is 0 Å². The van der Waals surface area contributed by atoms with E-state index >= 15 is 0 Å².